The van der Waals surface area contributed by atoms with Gasteiger partial charge in [0, 0.05) is 23.5 Å². The maximum absolute atomic E-state index is 13.7. The summed E-state index contributed by atoms with van der Waals surface area (Å²) in [5.41, 5.74) is 8.18. The largest absolute Gasteiger partial charge is 0.320 e. The van der Waals surface area contributed by atoms with E-state index in [4.69, 9.17) is 5.73 Å². The average molecular weight is 268 g/mol. The van der Waals surface area contributed by atoms with Crippen molar-refractivity contribution in [3.8, 4) is 5.69 Å². The van der Waals surface area contributed by atoms with Gasteiger partial charge in [-0.1, -0.05) is 18.2 Å². The first-order chi connectivity index (χ1) is 9.75. The molecule has 0 aliphatic carbocycles. The molecule has 0 aliphatic rings. The summed E-state index contributed by atoms with van der Waals surface area (Å²) in [5.74, 6) is -0.410. The molecule has 1 atom stereocenters. The van der Waals surface area contributed by atoms with E-state index in [1.807, 2.05) is 30.3 Å². The van der Waals surface area contributed by atoms with Crippen LogP contribution in [0.4, 0.5) is 4.39 Å². The number of nitrogens with zero attached hydrogens (tertiary/aromatic N) is 3. The molecule has 0 amide bonds. The minimum Gasteiger partial charge on any atom is -0.320 e. The van der Waals surface area contributed by atoms with Gasteiger partial charge in [0.15, 0.2) is 0 Å². The van der Waals surface area contributed by atoms with Crippen LogP contribution in [0.25, 0.3) is 5.69 Å². The number of halogens is 1. The minimum atomic E-state index is -0.560. The Bertz CT molecular complexity index is 709. The molecule has 0 saturated heterocycles. The molecule has 3 aromatic rings. The van der Waals surface area contributed by atoms with Gasteiger partial charge in [0.2, 0.25) is 0 Å². The predicted octanol–water partition coefficient (Wildman–Crippen LogP) is 2.45. The van der Waals surface area contributed by atoms with Crippen LogP contribution in [-0.4, -0.2) is 14.8 Å². The molecule has 1 unspecified atom stereocenters. The molecule has 20 heavy (non-hydrogen) atoms. The third-order valence-corrected chi connectivity index (χ3v) is 3.12. The highest BCUT2D eigenvalue weighted by Gasteiger charge is 2.15. The Hall–Kier alpha value is -2.53. The summed E-state index contributed by atoms with van der Waals surface area (Å²) >= 11 is 0. The number of pyridine rings is 1. The quantitative estimate of drug-likeness (QED) is 0.793. The van der Waals surface area contributed by atoms with Gasteiger partial charge in [0.05, 0.1) is 24.1 Å². The Balaban J connectivity index is 1.93. The third-order valence-electron chi connectivity index (χ3n) is 3.12. The van der Waals surface area contributed by atoms with E-state index in [9.17, 15) is 4.39 Å². The van der Waals surface area contributed by atoms with Crippen molar-refractivity contribution in [2.45, 2.75) is 6.04 Å². The van der Waals surface area contributed by atoms with Crippen molar-refractivity contribution in [2.24, 2.45) is 5.73 Å². The molecule has 2 heterocycles. The maximum atomic E-state index is 13.7. The number of rotatable bonds is 3. The van der Waals surface area contributed by atoms with Crippen LogP contribution in [-0.2, 0) is 0 Å². The Morgan fingerprint density at radius 3 is 2.65 bits per heavy atom. The summed E-state index contributed by atoms with van der Waals surface area (Å²) in [6.07, 6.45) is 6.15. The zero-order valence-electron chi connectivity index (χ0n) is 10.6. The molecule has 2 N–H and O–H groups in total. The van der Waals surface area contributed by atoms with E-state index >= 15 is 0 Å². The van der Waals surface area contributed by atoms with Gasteiger partial charge in [-0.15, -0.1) is 0 Å². The fraction of sp³-hybridized carbons (Fsp3) is 0.0667. The van der Waals surface area contributed by atoms with Crippen molar-refractivity contribution in [3.05, 3.63) is 78.1 Å². The second-order valence-electron chi connectivity index (χ2n) is 4.43. The molecule has 5 heteroatoms. The van der Waals surface area contributed by atoms with Gasteiger partial charge in [-0.3, -0.25) is 4.98 Å². The lowest BCUT2D eigenvalue weighted by Crippen LogP contribution is -2.13. The first-order valence-corrected chi connectivity index (χ1v) is 6.20. The standard InChI is InChI=1S/C15H13FN4/c16-14-9-18-7-6-13(14)15(17)11-8-19-20(10-11)12-4-2-1-3-5-12/h1-10,15H,17H2. The molecule has 0 spiro atoms. The summed E-state index contributed by atoms with van der Waals surface area (Å²) in [6, 6.07) is 10.7. The van der Waals surface area contributed by atoms with Crippen LogP contribution >= 0.6 is 0 Å². The van der Waals surface area contributed by atoms with E-state index in [0.29, 0.717) is 5.56 Å². The molecule has 2 aromatic heterocycles. The van der Waals surface area contributed by atoms with E-state index in [1.54, 1.807) is 23.1 Å². The minimum absolute atomic E-state index is 0.410. The Morgan fingerprint density at radius 2 is 1.90 bits per heavy atom. The first-order valence-electron chi connectivity index (χ1n) is 6.20. The summed E-state index contributed by atoms with van der Waals surface area (Å²) in [7, 11) is 0. The Morgan fingerprint density at radius 1 is 1.10 bits per heavy atom. The molecular formula is C15H13FN4. The molecule has 100 valence electrons. The summed E-state index contributed by atoms with van der Waals surface area (Å²) < 4.78 is 15.4. The zero-order chi connectivity index (χ0) is 13.9. The van der Waals surface area contributed by atoms with Crippen molar-refractivity contribution >= 4 is 0 Å². The van der Waals surface area contributed by atoms with E-state index in [-0.39, 0.29) is 0 Å². The van der Waals surface area contributed by atoms with Gasteiger partial charge in [-0.05, 0) is 18.2 Å². The van der Waals surface area contributed by atoms with Crippen molar-refractivity contribution in [2.75, 3.05) is 0 Å². The van der Waals surface area contributed by atoms with Crippen LogP contribution in [0, 0.1) is 5.82 Å². The lowest BCUT2D eigenvalue weighted by atomic mass is 10.0. The van der Waals surface area contributed by atoms with Crippen molar-refractivity contribution < 1.29 is 4.39 Å². The van der Waals surface area contributed by atoms with E-state index < -0.39 is 11.9 Å². The molecule has 3 rings (SSSR count). The third kappa shape index (κ3) is 2.31. The zero-order valence-corrected chi connectivity index (χ0v) is 10.6. The summed E-state index contributed by atoms with van der Waals surface area (Å²) in [4.78, 5) is 3.72. The van der Waals surface area contributed by atoms with Crippen molar-refractivity contribution in [1.29, 1.82) is 0 Å². The van der Waals surface area contributed by atoms with Gasteiger partial charge < -0.3 is 5.73 Å². The molecular weight excluding hydrogens is 255 g/mol. The number of nitrogens with two attached hydrogens (primary N) is 1. The second kappa shape index (κ2) is 5.22. The van der Waals surface area contributed by atoms with Gasteiger partial charge in [-0.2, -0.15) is 5.10 Å². The first kappa shape index (κ1) is 12.5. The number of aromatic nitrogens is 3. The van der Waals surface area contributed by atoms with E-state index in [1.165, 1.54) is 6.20 Å². The maximum Gasteiger partial charge on any atom is 0.146 e. The monoisotopic (exact) mass is 268 g/mol. The predicted molar refractivity (Wildman–Crippen MR) is 73.8 cm³/mol. The summed E-state index contributed by atoms with van der Waals surface area (Å²) in [5, 5.41) is 4.26. The number of para-hydroxylation sites is 1. The highest BCUT2D eigenvalue weighted by Crippen LogP contribution is 2.21. The fourth-order valence-electron chi connectivity index (χ4n) is 2.04. The highest BCUT2D eigenvalue weighted by molar-refractivity contribution is 5.34. The van der Waals surface area contributed by atoms with Crippen LogP contribution in [0.3, 0.4) is 0 Å². The molecule has 4 nitrogen and oxygen atoms in total. The number of hydrogen-bond donors (Lipinski definition) is 1. The topological polar surface area (TPSA) is 56.7 Å². The van der Waals surface area contributed by atoms with Crippen LogP contribution < -0.4 is 5.73 Å². The van der Waals surface area contributed by atoms with Crippen LogP contribution in [0.2, 0.25) is 0 Å². The van der Waals surface area contributed by atoms with E-state index in [2.05, 4.69) is 10.1 Å². The molecule has 0 aliphatic heterocycles. The van der Waals surface area contributed by atoms with Crippen LogP contribution in [0.15, 0.2) is 61.2 Å². The van der Waals surface area contributed by atoms with Gasteiger partial charge in [0.1, 0.15) is 5.82 Å². The van der Waals surface area contributed by atoms with Gasteiger partial charge >= 0.3 is 0 Å². The van der Waals surface area contributed by atoms with Gasteiger partial charge in [0.25, 0.3) is 0 Å². The average Bonchev–Trinajstić information content (AvgIpc) is 2.98. The highest BCUT2D eigenvalue weighted by atomic mass is 19.1. The lowest BCUT2D eigenvalue weighted by molar-refractivity contribution is 0.593. The Labute approximate surface area is 115 Å². The SMILES string of the molecule is NC(c1cnn(-c2ccccc2)c1)c1ccncc1F. The number of benzene rings is 1. The van der Waals surface area contributed by atoms with Gasteiger partial charge in [-0.25, -0.2) is 9.07 Å². The smallest absolute Gasteiger partial charge is 0.146 e. The van der Waals surface area contributed by atoms with Crippen LogP contribution in [0.5, 0.6) is 0 Å². The second-order valence-corrected chi connectivity index (χ2v) is 4.43. The van der Waals surface area contributed by atoms with Crippen molar-refractivity contribution in [3.63, 3.8) is 0 Å². The summed E-state index contributed by atoms with van der Waals surface area (Å²) in [6.45, 7) is 0. The normalized spacial score (nSPS) is 12.3. The van der Waals surface area contributed by atoms with E-state index in [0.717, 1.165) is 17.4 Å². The molecule has 1 aromatic carbocycles. The number of hydrogen-bond acceptors (Lipinski definition) is 3. The van der Waals surface area contributed by atoms with Crippen LogP contribution in [0.1, 0.15) is 17.2 Å². The molecule has 0 saturated carbocycles. The lowest BCUT2D eigenvalue weighted by Gasteiger charge is -2.10. The molecule has 0 radical (unpaired) electrons. The molecule has 0 fully saturated rings. The fourth-order valence-corrected chi connectivity index (χ4v) is 2.04. The van der Waals surface area contributed by atoms with Crippen molar-refractivity contribution in [1.82, 2.24) is 14.8 Å². The molecule has 0 bridgehead atoms. The Kier molecular flexibility index (Phi) is 3.26.